The molecule has 2 N–H and O–H groups in total. The van der Waals surface area contributed by atoms with E-state index in [2.05, 4.69) is 4.98 Å². The van der Waals surface area contributed by atoms with Crippen molar-refractivity contribution in [3.05, 3.63) is 48.2 Å². The predicted molar refractivity (Wildman–Crippen MR) is 117 cm³/mol. The van der Waals surface area contributed by atoms with Crippen LogP contribution in [0, 0.1) is 5.41 Å². The highest BCUT2D eigenvalue weighted by atomic mass is 16.6. The summed E-state index contributed by atoms with van der Waals surface area (Å²) in [6.45, 7) is 10.4. The fourth-order valence-electron chi connectivity index (χ4n) is 3.18. The number of aliphatic hydroxyl groups is 1. The van der Waals surface area contributed by atoms with Crippen LogP contribution in [0.15, 0.2) is 42.6 Å². The van der Waals surface area contributed by atoms with Crippen LogP contribution in [0.5, 0.6) is 0 Å². The average Bonchev–Trinajstić information content (AvgIpc) is 3.01. The number of aromatic amines is 1. The van der Waals surface area contributed by atoms with E-state index < -0.39 is 28.6 Å². The lowest BCUT2D eigenvalue weighted by Gasteiger charge is -2.34. The second-order valence-corrected chi connectivity index (χ2v) is 9.48. The van der Waals surface area contributed by atoms with E-state index in [-0.39, 0.29) is 19.4 Å². The third-order valence-corrected chi connectivity index (χ3v) is 4.48. The van der Waals surface area contributed by atoms with Crippen LogP contribution in [0.4, 0.5) is 0 Å². The van der Waals surface area contributed by atoms with Crippen LogP contribution in [-0.2, 0) is 25.5 Å². The molecule has 0 bridgehead atoms. The normalized spacial score (nSPS) is 13.0. The maximum Gasteiger partial charge on any atom is 0.324 e. The molecule has 164 valence electrons. The van der Waals surface area contributed by atoms with Crippen molar-refractivity contribution in [2.24, 2.45) is 5.41 Å². The fourth-order valence-corrected chi connectivity index (χ4v) is 3.18. The first-order chi connectivity index (χ1) is 13.9. The fraction of sp³-hybridized carbons (Fsp3) is 0.500. The first kappa shape index (κ1) is 23.7. The van der Waals surface area contributed by atoms with Gasteiger partial charge < -0.3 is 19.6 Å². The first-order valence-electron chi connectivity index (χ1n) is 10.2. The molecule has 1 heterocycles. The van der Waals surface area contributed by atoms with E-state index in [1.807, 2.05) is 30.5 Å². The molecule has 2 aromatic rings. The Kier molecular flexibility index (Phi) is 7.14. The number of benzene rings is 1. The smallest absolute Gasteiger partial charge is 0.324 e. The van der Waals surface area contributed by atoms with E-state index in [0.717, 1.165) is 16.5 Å². The zero-order valence-corrected chi connectivity index (χ0v) is 18.7. The Labute approximate surface area is 178 Å². The van der Waals surface area contributed by atoms with Gasteiger partial charge in [-0.1, -0.05) is 30.4 Å². The number of hydrogen-bond acceptors (Lipinski definition) is 5. The Morgan fingerprint density at radius 1 is 0.967 bits per heavy atom. The summed E-state index contributed by atoms with van der Waals surface area (Å²) in [5.74, 6) is -1.28. The van der Waals surface area contributed by atoms with Crippen molar-refractivity contribution in [1.29, 1.82) is 0 Å². The van der Waals surface area contributed by atoms with E-state index in [1.165, 1.54) is 6.08 Å². The SMILES string of the molecule is CC(C)(C)OC(=O)C(C/C=C\CO)(Cc1c[nH]c2ccccc12)C(=O)OC(C)(C)C. The third kappa shape index (κ3) is 5.95. The number of ether oxygens (including phenoxy) is 2. The summed E-state index contributed by atoms with van der Waals surface area (Å²) in [7, 11) is 0. The van der Waals surface area contributed by atoms with Gasteiger partial charge in [-0.3, -0.25) is 9.59 Å². The van der Waals surface area contributed by atoms with Crippen molar-refractivity contribution < 1.29 is 24.2 Å². The maximum atomic E-state index is 13.4. The van der Waals surface area contributed by atoms with Crippen molar-refractivity contribution in [1.82, 2.24) is 4.98 Å². The number of fused-ring (bicyclic) bond motifs is 1. The molecule has 0 amide bonds. The highest BCUT2D eigenvalue weighted by Crippen LogP contribution is 2.36. The summed E-state index contributed by atoms with van der Waals surface area (Å²) < 4.78 is 11.4. The van der Waals surface area contributed by atoms with Gasteiger partial charge in [-0.25, -0.2) is 0 Å². The van der Waals surface area contributed by atoms with Crippen LogP contribution < -0.4 is 0 Å². The van der Waals surface area contributed by atoms with Crippen molar-refractivity contribution >= 4 is 22.8 Å². The standard InChI is InChI=1S/C24H33NO5/c1-22(2,3)29-20(27)24(13-9-10-14-26,21(28)30-23(4,5)6)15-17-16-25-19-12-8-7-11-18(17)19/h7-12,16,25-26H,13-15H2,1-6H3/b10-9-. The molecule has 6 heteroatoms. The number of para-hydroxylation sites is 1. The van der Waals surface area contributed by atoms with E-state index in [0.29, 0.717) is 0 Å². The number of esters is 2. The molecule has 0 spiro atoms. The van der Waals surface area contributed by atoms with Gasteiger partial charge in [0, 0.05) is 23.5 Å². The van der Waals surface area contributed by atoms with Gasteiger partial charge in [0.25, 0.3) is 0 Å². The minimum absolute atomic E-state index is 0.0525. The van der Waals surface area contributed by atoms with Gasteiger partial charge in [0.2, 0.25) is 0 Å². The van der Waals surface area contributed by atoms with Gasteiger partial charge in [0.1, 0.15) is 11.2 Å². The molecule has 1 aromatic heterocycles. The highest BCUT2D eigenvalue weighted by molar-refractivity contribution is 6.01. The van der Waals surface area contributed by atoms with Gasteiger partial charge in [0.15, 0.2) is 5.41 Å². The van der Waals surface area contributed by atoms with Crippen LogP contribution in [0.1, 0.15) is 53.5 Å². The van der Waals surface area contributed by atoms with Crippen molar-refractivity contribution in [3.8, 4) is 0 Å². The molecule has 2 rings (SSSR count). The van der Waals surface area contributed by atoms with E-state index in [4.69, 9.17) is 9.47 Å². The van der Waals surface area contributed by atoms with E-state index in [9.17, 15) is 14.7 Å². The van der Waals surface area contributed by atoms with Crippen LogP contribution in [0.25, 0.3) is 10.9 Å². The Bertz CT molecular complexity index is 884. The molecule has 0 saturated carbocycles. The number of carbonyl (C=O) groups is 2. The number of carbonyl (C=O) groups excluding carboxylic acids is 2. The minimum atomic E-state index is -1.59. The van der Waals surface area contributed by atoms with Gasteiger partial charge >= 0.3 is 11.9 Å². The van der Waals surface area contributed by atoms with Crippen LogP contribution >= 0.6 is 0 Å². The lowest BCUT2D eigenvalue weighted by atomic mass is 9.78. The van der Waals surface area contributed by atoms with Gasteiger partial charge in [0.05, 0.1) is 6.61 Å². The molecule has 1 aromatic carbocycles. The molecular weight excluding hydrogens is 382 g/mol. The zero-order valence-electron chi connectivity index (χ0n) is 18.7. The summed E-state index contributed by atoms with van der Waals surface area (Å²) in [5, 5.41) is 10.1. The molecule has 0 saturated heterocycles. The average molecular weight is 416 g/mol. The Morgan fingerprint density at radius 3 is 2.07 bits per heavy atom. The topological polar surface area (TPSA) is 88.6 Å². The summed E-state index contributed by atoms with van der Waals surface area (Å²) in [6.07, 6.45) is 5.11. The molecule has 0 radical (unpaired) electrons. The monoisotopic (exact) mass is 415 g/mol. The minimum Gasteiger partial charge on any atom is -0.459 e. The molecular formula is C24H33NO5. The third-order valence-electron chi connectivity index (χ3n) is 4.48. The molecule has 0 aliphatic rings. The molecule has 0 fully saturated rings. The predicted octanol–water partition coefficient (Wildman–Crippen LogP) is 4.32. The number of allylic oxidation sites excluding steroid dienone is 1. The van der Waals surface area contributed by atoms with Crippen molar-refractivity contribution in [2.75, 3.05) is 6.61 Å². The highest BCUT2D eigenvalue weighted by Gasteiger charge is 2.50. The summed E-state index contributed by atoms with van der Waals surface area (Å²) >= 11 is 0. The largest absolute Gasteiger partial charge is 0.459 e. The van der Waals surface area contributed by atoms with E-state index in [1.54, 1.807) is 47.6 Å². The summed E-state index contributed by atoms with van der Waals surface area (Å²) in [6, 6.07) is 7.71. The van der Waals surface area contributed by atoms with Gasteiger partial charge in [-0.15, -0.1) is 0 Å². The lowest BCUT2D eigenvalue weighted by Crippen LogP contribution is -2.48. The van der Waals surface area contributed by atoms with Crippen LogP contribution in [0.3, 0.4) is 0 Å². The number of nitrogens with one attached hydrogen (secondary N) is 1. The molecule has 0 aliphatic carbocycles. The molecule has 0 aliphatic heterocycles. The van der Waals surface area contributed by atoms with Crippen LogP contribution in [-0.4, -0.2) is 39.8 Å². The number of hydrogen-bond donors (Lipinski definition) is 2. The van der Waals surface area contributed by atoms with Crippen LogP contribution in [0.2, 0.25) is 0 Å². The quantitative estimate of drug-likeness (QED) is 0.399. The Morgan fingerprint density at radius 2 is 1.53 bits per heavy atom. The maximum absolute atomic E-state index is 13.4. The molecule has 30 heavy (non-hydrogen) atoms. The molecule has 6 nitrogen and oxygen atoms in total. The van der Waals surface area contributed by atoms with Crippen molar-refractivity contribution in [3.63, 3.8) is 0 Å². The lowest BCUT2D eigenvalue weighted by molar-refractivity contribution is -0.185. The second kappa shape index (κ2) is 9.04. The van der Waals surface area contributed by atoms with Gasteiger partial charge in [-0.2, -0.15) is 0 Å². The Balaban J connectivity index is 2.59. The number of aliphatic hydroxyl groups excluding tert-OH is 1. The van der Waals surface area contributed by atoms with E-state index >= 15 is 0 Å². The first-order valence-corrected chi connectivity index (χ1v) is 10.2. The second-order valence-electron chi connectivity index (χ2n) is 9.48. The van der Waals surface area contributed by atoms with Crippen molar-refractivity contribution in [2.45, 2.75) is 65.6 Å². The number of rotatable bonds is 7. The molecule has 0 atom stereocenters. The van der Waals surface area contributed by atoms with Gasteiger partial charge in [-0.05, 0) is 59.6 Å². The number of H-pyrrole nitrogens is 1. The number of aromatic nitrogens is 1. The molecule has 0 unspecified atom stereocenters. The summed E-state index contributed by atoms with van der Waals surface area (Å²) in [5.41, 5.74) is -1.39. The Hall–Kier alpha value is -2.60. The zero-order chi connectivity index (χ0) is 22.6. The summed E-state index contributed by atoms with van der Waals surface area (Å²) in [4.78, 5) is 30.1.